The molecule has 0 spiro atoms. The van der Waals surface area contributed by atoms with E-state index in [0.29, 0.717) is 18.4 Å². The fourth-order valence-corrected chi connectivity index (χ4v) is 4.44. The molecule has 4 unspecified atom stereocenters. The molecule has 1 amide bonds. The summed E-state index contributed by atoms with van der Waals surface area (Å²) >= 11 is 3.46. The van der Waals surface area contributed by atoms with Crippen molar-refractivity contribution in [3.8, 4) is 5.75 Å². The lowest BCUT2D eigenvalue weighted by Crippen LogP contribution is -2.45. The van der Waals surface area contributed by atoms with Crippen molar-refractivity contribution in [1.82, 2.24) is 5.32 Å². The van der Waals surface area contributed by atoms with Gasteiger partial charge in [0.15, 0.2) is 0 Å². The van der Waals surface area contributed by atoms with Gasteiger partial charge >= 0.3 is 0 Å². The van der Waals surface area contributed by atoms with Gasteiger partial charge in [0.25, 0.3) is 0 Å². The molecule has 4 nitrogen and oxygen atoms in total. The van der Waals surface area contributed by atoms with Crippen molar-refractivity contribution in [2.24, 2.45) is 23.5 Å². The average molecular weight is 353 g/mol. The van der Waals surface area contributed by atoms with Crippen LogP contribution in [0.25, 0.3) is 0 Å². The van der Waals surface area contributed by atoms with E-state index in [1.807, 2.05) is 18.2 Å². The number of nitrogens with one attached hydrogen (secondary N) is 1. The summed E-state index contributed by atoms with van der Waals surface area (Å²) < 4.78 is 6.10. The number of ether oxygens (including phenoxy) is 1. The Balaban J connectivity index is 1.60. The van der Waals surface area contributed by atoms with Gasteiger partial charge in [-0.25, -0.2) is 0 Å². The normalized spacial score (nSPS) is 30.4. The monoisotopic (exact) mass is 352 g/mol. The minimum Gasteiger partial charge on any atom is -0.496 e. The van der Waals surface area contributed by atoms with Crippen LogP contribution in [0, 0.1) is 17.8 Å². The van der Waals surface area contributed by atoms with Crippen LogP contribution in [0.15, 0.2) is 22.7 Å². The molecule has 2 aliphatic carbocycles. The number of amides is 1. The predicted molar refractivity (Wildman–Crippen MR) is 84.8 cm³/mol. The maximum absolute atomic E-state index is 12.4. The van der Waals surface area contributed by atoms with Crippen LogP contribution in [0.4, 0.5) is 0 Å². The number of carbonyl (C=O) groups is 1. The zero-order chi connectivity index (χ0) is 15.0. The third-order valence-corrected chi connectivity index (χ3v) is 5.59. The van der Waals surface area contributed by atoms with Crippen LogP contribution < -0.4 is 15.8 Å². The highest BCUT2D eigenvalue weighted by Gasteiger charge is 2.48. The van der Waals surface area contributed by atoms with Crippen LogP contribution in [0.1, 0.15) is 24.8 Å². The first-order valence-electron chi connectivity index (χ1n) is 7.46. The maximum atomic E-state index is 12.4. The lowest BCUT2D eigenvalue weighted by atomic mass is 9.84. The molecule has 0 radical (unpaired) electrons. The Morgan fingerprint density at radius 3 is 2.81 bits per heavy atom. The fraction of sp³-hybridized carbons (Fsp3) is 0.562. The van der Waals surface area contributed by atoms with Gasteiger partial charge in [-0.2, -0.15) is 0 Å². The lowest BCUT2D eigenvalue weighted by Gasteiger charge is -2.27. The molecule has 1 aromatic carbocycles. The van der Waals surface area contributed by atoms with Gasteiger partial charge in [-0.15, -0.1) is 0 Å². The van der Waals surface area contributed by atoms with E-state index in [4.69, 9.17) is 10.5 Å². The summed E-state index contributed by atoms with van der Waals surface area (Å²) in [5, 5.41) is 3.04. The van der Waals surface area contributed by atoms with Gasteiger partial charge in [-0.1, -0.05) is 6.07 Å². The number of benzene rings is 1. The van der Waals surface area contributed by atoms with Crippen molar-refractivity contribution in [2.45, 2.75) is 31.8 Å². The molecule has 114 valence electrons. The maximum Gasteiger partial charge on any atom is 0.225 e. The molecule has 0 aromatic heterocycles. The van der Waals surface area contributed by atoms with Crippen molar-refractivity contribution >= 4 is 21.8 Å². The number of fused-ring (bicyclic) bond motifs is 2. The van der Waals surface area contributed by atoms with Gasteiger partial charge in [0.05, 0.1) is 17.5 Å². The molecule has 2 fully saturated rings. The minimum absolute atomic E-state index is 0.00504. The number of rotatable bonds is 4. The number of nitrogens with two attached hydrogens (primary N) is 1. The first kappa shape index (κ1) is 14.9. The highest BCUT2D eigenvalue weighted by molar-refractivity contribution is 9.10. The molecular weight excluding hydrogens is 332 g/mol. The molecule has 0 heterocycles. The molecule has 2 saturated carbocycles. The van der Waals surface area contributed by atoms with Crippen LogP contribution in [-0.4, -0.2) is 19.1 Å². The Hall–Kier alpha value is -1.07. The first-order valence-corrected chi connectivity index (χ1v) is 8.25. The second-order valence-corrected chi connectivity index (χ2v) is 6.98. The largest absolute Gasteiger partial charge is 0.496 e. The fourth-order valence-electron chi connectivity index (χ4n) is 3.85. The van der Waals surface area contributed by atoms with Crippen LogP contribution >= 0.6 is 15.9 Å². The summed E-state index contributed by atoms with van der Waals surface area (Å²) in [5.41, 5.74) is 7.26. The number of halogens is 1. The molecule has 3 rings (SSSR count). The van der Waals surface area contributed by atoms with Crippen molar-refractivity contribution in [1.29, 1.82) is 0 Å². The summed E-state index contributed by atoms with van der Waals surface area (Å²) in [6, 6.07) is 5.88. The van der Waals surface area contributed by atoms with E-state index < -0.39 is 0 Å². The Morgan fingerprint density at radius 1 is 1.43 bits per heavy atom. The summed E-state index contributed by atoms with van der Waals surface area (Å²) in [5.74, 6) is 1.96. The zero-order valence-electron chi connectivity index (χ0n) is 12.1. The predicted octanol–water partition coefficient (Wildman–Crippen LogP) is 2.45. The number of hydrogen-bond acceptors (Lipinski definition) is 3. The van der Waals surface area contributed by atoms with Crippen molar-refractivity contribution in [3.05, 3.63) is 28.2 Å². The molecule has 21 heavy (non-hydrogen) atoms. The van der Waals surface area contributed by atoms with Crippen molar-refractivity contribution < 1.29 is 9.53 Å². The van der Waals surface area contributed by atoms with Gasteiger partial charge in [-0.3, -0.25) is 4.79 Å². The molecule has 5 heteroatoms. The van der Waals surface area contributed by atoms with Crippen LogP contribution in [0.5, 0.6) is 5.75 Å². The number of methoxy groups -OCH3 is 1. The lowest BCUT2D eigenvalue weighted by molar-refractivity contribution is -0.127. The summed E-state index contributed by atoms with van der Waals surface area (Å²) in [4.78, 5) is 12.4. The highest BCUT2D eigenvalue weighted by Crippen LogP contribution is 2.47. The van der Waals surface area contributed by atoms with Gasteiger partial charge in [0.1, 0.15) is 5.75 Å². The Morgan fingerprint density at radius 2 is 2.19 bits per heavy atom. The van der Waals surface area contributed by atoms with Crippen molar-refractivity contribution in [2.75, 3.05) is 7.11 Å². The number of carbonyl (C=O) groups excluding carboxylic acids is 1. The molecule has 2 bridgehead atoms. The first-order chi connectivity index (χ1) is 10.1. The minimum atomic E-state index is 0.00504. The highest BCUT2D eigenvalue weighted by atomic mass is 79.9. The third-order valence-electron chi connectivity index (χ3n) is 4.97. The molecule has 0 aliphatic heterocycles. The van der Waals surface area contributed by atoms with Crippen LogP contribution in [0.3, 0.4) is 0 Å². The van der Waals surface area contributed by atoms with E-state index in [0.717, 1.165) is 28.6 Å². The smallest absolute Gasteiger partial charge is 0.225 e. The number of hydrogen-bond donors (Lipinski definition) is 2. The van der Waals surface area contributed by atoms with Gasteiger partial charge in [0.2, 0.25) is 5.91 Å². The Kier molecular flexibility index (Phi) is 4.22. The van der Waals surface area contributed by atoms with Crippen LogP contribution in [-0.2, 0) is 11.3 Å². The van der Waals surface area contributed by atoms with E-state index in [-0.39, 0.29) is 17.9 Å². The third kappa shape index (κ3) is 2.81. The molecule has 4 atom stereocenters. The molecule has 0 saturated heterocycles. The second kappa shape index (κ2) is 5.97. The Labute approximate surface area is 133 Å². The van der Waals surface area contributed by atoms with E-state index in [1.54, 1.807) is 7.11 Å². The quantitative estimate of drug-likeness (QED) is 0.874. The zero-order valence-corrected chi connectivity index (χ0v) is 13.7. The van der Waals surface area contributed by atoms with Gasteiger partial charge in [-0.05, 0) is 64.7 Å². The topological polar surface area (TPSA) is 64.3 Å². The summed E-state index contributed by atoms with van der Waals surface area (Å²) in [7, 11) is 1.64. The van der Waals surface area contributed by atoms with E-state index in [9.17, 15) is 4.79 Å². The molecule has 2 aliphatic rings. The summed E-state index contributed by atoms with van der Waals surface area (Å²) in [6.45, 7) is 0.530. The SMILES string of the molecule is COc1ccc(CNC(=O)C2C3CCC(C3)C2N)cc1Br. The van der Waals surface area contributed by atoms with E-state index >= 15 is 0 Å². The van der Waals surface area contributed by atoms with Gasteiger partial charge < -0.3 is 15.8 Å². The van der Waals surface area contributed by atoms with E-state index in [1.165, 1.54) is 6.42 Å². The standard InChI is InChI=1S/C16H21BrN2O2/c1-21-13-5-2-9(6-12(13)17)8-19-16(20)14-10-3-4-11(7-10)15(14)18/h2,5-6,10-11,14-15H,3-4,7-8,18H2,1H3,(H,19,20). The molecule has 1 aromatic rings. The van der Waals surface area contributed by atoms with Crippen molar-refractivity contribution in [3.63, 3.8) is 0 Å². The Bertz CT molecular complexity index is 547. The van der Waals surface area contributed by atoms with E-state index in [2.05, 4.69) is 21.2 Å². The summed E-state index contributed by atoms with van der Waals surface area (Å²) in [6.07, 6.45) is 3.49. The molecular formula is C16H21BrN2O2. The second-order valence-electron chi connectivity index (χ2n) is 6.12. The van der Waals surface area contributed by atoms with Gasteiger partial charge in [0, 0.05) is 12.6 Å². The van der Waals surface area contributed by atoms with Crippen LogP contribution in [0.2, 0.25) is 0 Å². The average Bonchev–Trinajstić information content (AvgIpc) is 3.06. The molecule has 3 N–H and O–H groups in total.